The minimum Gasteiger partial charge on any atom is -0.396 e. The molecule has 0 spiro atoms. The molecule has 0 radical (unpaired) electrons. The Bertz CT molecular complexity index is 501. The van der Waals surface area contributed by atoms with Crippen LogP contribution >= 0.6 is 34.2 Å². The van der Waals surface area contributed by atoms with Gasteiger partial charge >= 0.3 is 0 Å². The second-order valence-electron chi connectivity index (χ2n) is 3.22. The minimum absolute atomic E-state index is 0.122. The van der Waals surface area contributed by atoms with E-state index in [0.717, 1.165) is 15.0 Å². The van der Waals surface area contributed by atoms with Crippen LogP contribution in [0.15, 0.2) is 24.7 Å². The van der Waals surface area contributed by atoms with E-state index in [4.69, 9.17) is 16.7 Å². The van der Waals surface area contributed by atoms with Crippen molar-refractivity contribution in [3.63, 3.8) is 0 Å². The van der Waals surface area contributed by atoms with E-state index in [1.165, 1.54) is 0 Å². The first-order chi connectivity index (χ1) is 7.70. The monoisotopic (exact) mass is 349 g/mol. The van der Waals surface area contributed by atoms with Gasteiger partial charge in [-0.3, -0.25) is 0 Å². The molecule has 1 N–H and O–H groups in total. The molecule has 2 rings (SSSR count). The summed E-state index contributed by atoms with van der Waals surface area (Å²) >= 11 is 8.04. The first kappa shape index (κ1) is 11.8. The van der Waals surface area contributed by atoms with Crippen molar-refractivity contribution in [2.24, 2.45) is 0 Å². The lowest BCUT2D eigenvalue weighted by Crippen LogP contribution is -1.98. The molecule has 0 aliphatic carbocycles. The van der Waals surface area contributed by atoms with Crippen molar-refractivity contribution in [2.45, 2.75) is 6.42 Å². The maximum Gasteiger partial charge on any atom is 0.154 e. The van der Waals surface area contributed by atoms with Crippen LogP contribution in [0.2, 0.25) is 5.02 Å². The summed E-state index contributed by atoms with van der Waals surface area (Å²) in [5, 5.41) is 13.6. The van der Waals surface area contributed by atoms with Gasteiger partial charge in [0.2, 0.25) is 0 Å². The fraction of sp³-hybridized carbons (Fsp3) is 0.200. The molecule has 2 aromatic rings. The van der Waals surface area contributed by atoms with Crippen molar-refractivity contribution < 1.29 is 5.11 Å². The molecule has 0 aliphatic heterocycles. The van der Waals surface area contributed by atoms with E-state index in [0.29, 0.717) is 11.4 Å². The van der Waals surface area contributed by atoms with Crippen molar-refractivity contribution >= 4 is 34.2 Å². The number of hydrogen-bond donors (Lipinski definition) is 1. The second-order valence-corrected chi connectivity index (χ2v) is 4.79. The Kier molecular flexibility index (Phi) is 3.78. The molecule has 0 aliphatic rings. The Balaban J connectivity index is 2.31. The van der Waals surface area contributed by atoms with Gasteiger partial charge in [-0.05, 0) is 40.6 Å². The molecular formula is C10H9ClIN3O. The Morgan fingerprint density at radius 1 is 1.44 bits per heavy atom. The van der Waals surface area contributed by atoms with Gasteiger partial charge in [-0.1, -0.05) is 11.6 Å². The number of nitrogens with zero attached hydrogens (tertiary/aromatic N) is 3. The molecule has 4 nitrogen and oxygen atoms in total. The molecule has 0 atom stereocenters. The normalized spacial score (nSPS) is 10.7. The summed E-state index contributed by atoms with van der Waals surface area (Å²) in [6.45, 7) is 0.122. The summed E-state index contributed by atoms with van der Waals surface area (Å²) in [4.78, 5) is 4.18. The third-order valence-corrected chi connectivity index (χ3v) is 3.58. The van der Waals surface area contributed by atoms with Gasteiger partial charge in [-0.15, -0.1) is 0 Å². The third-order valence-electron chi connectivity index (χ3n) is 2.07. The van der Waals surface area contributed by atoms with Gasteiger partial charge in [0.15, 0.2) is 5.82 Å². The Morgan fingerprint density at radius 2 is 2.25 bits per heavy atom. The molecule has 0 amide bonds. The number of pyridine rings is 1. The highest BCUT2D eigenvalue weighted by molar-refractivity contribution is 14.1. The largest absolute Gasteiger partial charge is 0.396 e. The molecular weight excluding hydrogens is 340 g/mol. The molecule has 0 bridgehead atoms. The summed E-state index contributed by atoms with van der Waals surface area (Å²) in [7, 11) is 0. The quantitative estimate of drug-likeness (QED) is 0.863. The zero-order valence-electron chi connectivity index (χ0n) is 8.27. The predicted octanol–water partition coefficient (Wildman–Crippen LogP) is 2.06. The zero-order valence-corrected chi connectivity index (χ0v) is 11.2. The molecule has 0 saturated carbocycles. The Hall–Kier alpha value is -0.660. The molecule has 6 heteroatoms. The average molecular weight is 350 g/mol. The number of aliphatic hydroxyl groups is 1. The fourth-order valence-corrected chi connectivity index (χ4v) is 1.79. The lowest BCUT2D eigenvalue weighted by molar-refractivity contribution is 0.299. The second kappa shape index (κ2) is 5.11. The van der Waals surface area contributed by atoms with Gasteiger partial charge in [0.1, 0.15) is 0 Å². The number of hydrogen-bond acceptors (Lipinski definition) is 3. The van der Waals surface area contributed by atoms with Crippen LogP contribution in [0.5, 0.6) is 0 Å². The highest BCUT2D eigenvalue weighted by atomic mass is 127. The van der Waals surface area contributed by atoms with E-state index >= 15 is 0 Å². The maximum atomic E-state index is 8.81. The zero-order chi connectivity index (χ0) is 11.5. The van der Waals surface area contributed by atoms with Crippen molar-refractivity contribution in [3.05, 3.63) is 38.8 Å². The van der Waals surface area contributed by atoms with Crippen molar-refractivity contribution in [3.8, 4) is 5.82 Å². The van der Waals surface area contributed by atoms with Gasteiger partial charge in [0.25, 0.3) is 0 Å². The van der Waals surface area contributed by atoms with E-state index in [1.807, 2.05) is 12.3 Å². The van der Waals surface area contributed by atoms with E-state index in [2.05, 4.69) is 32.7 Å². The van der Waals surface area contributed by atoms with Crippen molar-refractivity contribution in [2.75, 3.05) is 6.61 Å². The van der Waals surface area contributed by atoms with Crippen molar-refractivity contribution in [1.29, 1.82) is 0 Å². The molecule has 2 heterocycles. The highest BCUT2D eigenvalue weighted by Crippen LogP contribution is 2.19. The van der Waals surface area contributed by atoms with Crippen molar-refractivity contribution in [1.82, 2.24) is 14.8 Å². The summed E-state index contributed by atoms with van der Waals surface area (Å²) in [6.07, 6.45) is 5.78. The molecule has 16 heavy (non-hydrogen) atoms. The lowest BCUT2D eigenvalue weighted by Gasteiger charge is -2.01. The topological polar surface area (TPSA) is 50.9 Å². The number of aliphatic hydroxyl groups excluding tert-OH is 1. The van der Waals surface area contributed by atoms with Gasteiger partial charge in [0.05, 0.1) is 11.2 Å². The molecule has 0 aromatic carbocycles. The molecule has 0 fully saturated rings. The van der Waals surface area contributed by atoms with Crippen LogP contribution in [-0.4, -0.2) is 26.5 Å². The minimum atomic E-state index is 0.122. The lowest BCUT2D eigenvalue weighted by atomic mass is 10.3. The fourth-order valence-electron chi connectivity index (χ4n) is 1.27. The summed E-state index contributed by atoms with van der Waals surface area (Å²) in [5.74, 6) is 0.720. The molecule has 0 saturated heterocycles. The van der Waals surface area contributed by atoms with Crippen LogP contribution in [0.4, 0.5) is 0 Å². The number of halogens is 2. The van der Waals surface area contributed by atoms with Crippen LogP contribution in [0.1, 0.15) is 5.56 Å². The van der Waals surface area contributed by atoms with E-state index in [9.17, 15) is 0 Å². The smallest absolute Gasteiger partial charge is 0.154 e. The van der Waals surface area contributed by atoms with Gasteiger partial charge in [-0.2, -0.15) is 5.10 Å². The highest BCUT2D eigenvalue weighted by Gasteiger charge is 2.04. The summed E-state index contributed by atoms with van der Waals surface area (Å²) in [6, 6.07) is 1.86. The molecule has 0 unspecified atom stereocenters. The standard InChI is InChI=1S/C10H9ClIN3O/c11-8-5-13-10(3-9(8)12)15-6-7(1-2-16)4-14-15/h3-6,16H,1-2H2. The van der Waals surface area contributed by atoms with E-state index < -0.39 is 0 Å². The van der Waals surface area contributed by atoms with Crippen LogP contribution in [0.3, 0.4) is 0 Å². The Labute approximate surface area is 111 Å². The van der Waals surface area contributed by atoms with E-state index in [-0.39, 0.29) is 6.61 Å². The van der Waals surface area contributed by atoms with E-state index in [1.54, 1.807) is 17.1 Å². The predicted molar refractivity (Wildman–Crippen MR) is 69.9 cm³/mol. The SMILES string of the molecule is OCCc1cnn(-c2cc(I)c(Cl)cn2)c1. The first-order valence-electron chi connectivity index (χ1n) is 4.66. The average Bonchev–Trinajstić information content (AvgIpc) is 2.71. The number of aromatic nitrogens is 3. The Morgan fingerprint density at radius 3 is 2.94 bits per heavy atom. The number of rotatable bonds is 3. The summed E-state index contributed by atoms with van der Waals surface area (Å²) < 4.78 is 2.60. The molecule has 84 valence electrons. The van der Waals surface area contributed by atoms with Gasteiger partial charge < -0.3 is 5.11 Å². The van der Waals surface area contributed by atoms with Crippen LogP contribution in [0.25, 0.3) is 5.82 Å². The maximum absolute atomic E-state index is 8.81. The van der Waals surface area contributed by atoms with Gasteiger partial charge in [-0.25, -0.2) is 9.67 Å². The van der Waals surface area contributed by atoms with Crippen LogP contribution in [-0.2, 0) is 6.42 Å². The molecule has 2 aromatic heterocycles. The van der Waals surface area contributed by atoms with Gasteiger partial charge in [0, 0.05) is 22.6 Å². The first-order valence-corrected chi connectivity index (χ1v) is 6.12. The van der Waals surface area contributed by atoms with Crippen LogP contribution < -0.4 is 0 Å². The van der Waals surface area contributed by atoms with Crippen LogP contribution in [0, 0.1) is 3.57 Å². The summed E-state index contributed by atoms with van der Waals surface area (Å²) in [5.41, 5.74) is 0.981. The third kappa shape index (κ3) is 2.53.